The van der Waals surface area contributed by atoms with Gasteiger partial charge < -0.3 is 5.11 Å². The van der Waals surface area contributed by atoms with Crippen molar-refractivity contribution >= 4 is 0 Å². The first-order valence-electron chi connectivity index (χ1n) is 7.98. The lowest BCUT2D eigenvalue weighted by molar-refractivity contribution is 0.100. The molecule has 0 aliphatic carbocycles. The molecule has 2 aromatic rings. The van der Waals surface area contributed by atoms with Gasteiger partial charge in [0.1, 0.15) is 11.6 Å². The SMILES string of the molecule is Cc1nc(C)n(C[C@@H]2CCCN2C[C@@H](O)c2ccccc2)n1. The molecule has 118 valence electrons. The van der Waals surface area contributed by atoms with Crippen LogP contribution in [-0.2, 0) is 6.54 Å². The Labute approximate surface area is 131 Å². The number of hydrogen-bond donors (Lipinski definition) is 1. The molecule has 0 amide bonds. The zero-order valence-electron chi connectivity index (χ0n) is 13.3. The van der Waals surface area contributed by atoms with Gasteiger partial charge in [-0.25, -0.2) is 9.67 Å². The molecule has 5 nitrogen and oxygen atoms in total. The summed E-state index contributed by atoms with van der Waals surface area (Å²) in [6.07, 6.45) is 1.90. The first-order chi connectivity index (χ1) is 10.6. The van der Waals surface area contributed by atoms with Crippen molar-refractivity contribution in [1.29, 1.82) is 0 Å². The van der Waals surface area contributed by atoms with E-state index in [1.54, 1.807) is 0 Å². The molecule has 2 heterocycles. The minimum atomic E-state index is -0.430. The van der Waals surface area contributed by atoms with Crippen LogP contribution in [0.5, 0.6) is 0 Å². The van der Waals surface area contributed by atoms with Crippen LogP contribution in [0.2, 0.25) is 0 Å². The molecule has 1 aliphatic heterocycles. The summed E-state index contributed by atoms with van der Waals surface area (Å²) in [5, 5.41) is 14.9. The summed E-state index contributed by atoms with van der Waals surface area (Å²) in [6, 6.07) is 10.3. The van der Waals surface area contributed by atoms with E-state index in [0.29, 0.717) is 12.6 Å². The van der Waals surface area contributed by atoms with Gasteiger partial charge in [0.15, 0.2) is 0 Å². The molecular formula is C17H24N4O. The zero-order valence-corrected chi connectivity index (χ0v) is 13.3. The normalized spacial score (nSPS) is 20.4. The zero-order chi connectivity index (χ0) is 15.5. The maximum atomic E-state index is 10.4. The van der Waals surface area contributed by atoms with Crippen molar-refractivity contribution in [3.05, 3.63) is 47.5 Å². The lowest BCUT2D eigenvalue weighted by atomic mass is 10.1. The van der Waals surface area contributed by atoms with E-state index >= 15 is 0 Å². The Bertz CT molecular complexity index is 610. The van der Waals surface area contributed by atoms with Crippen molar-refractivity contribution in [2.75, 3.05) is 13.1 Å². The van der Waals surface area contributed by atoms with Crippen molar-refractivity contribution < 1.29 is 5.11 Å². The molecule has 1 aromatic carbocycles. The minimum absolute atomic E-state index is 0.429. The van der Waals surface area contributed by atoms with E-state index in [2.05, 4.69) is 15.0 Å². The standard InChI is InChI=1S/C17H24N4O/c1-13-18-14(2)21(19-13)11-16-9-6-10-20(16)12-17(22)15-7-4-3-5-8-15/h3-5,7-8,16-17,22H,6,9-12H2,1-2H3/t16-,17+/m0/s1. The van der Waals surface area contributed by atoms with Crippen LogP contribution < -0.4 is 0 Å². The summed E-state index contributed by atoms with van der Waals surface area (Å²) in [7, 11) is 0. The number of aromatic nitrogens is 3. The van der Waals surface area contributed by atoms with Crippen molar-refractivity contribution in [1.82, 2.24) is 19.7 Å². The first-order valence-corrected chi connectivity index (χ1v) is 7.98. The highest BCUT2D eigenvalue weighted by atomic mass is 16.3. The second-order valence-corrected chi connectivity index (χ2v) is 6.11. The maximum absolute atomic E-state index is 10.4. The molecule has 0 radical (unpaired) electrons. The van der Waals surface area contributed by atoms with E-state index in [9.17, 15) is 5.11 Å². The third kappa shape index (κ3) is 3.36. The second-order valence-electron chi connectivity index (χ2n) is 6.11. The van der Waals surface area contributed by atoms with Gasteiger partial charge in [0.05, 0.1) is 12.6 Å². The van der Waals surface area contributed by atoms with Gasteiger partial charge in [-0.15, -0.1) is 0 Å². The third-order valence-electron chi connectivity index (χ3n) is 4.44. The molecule has 3 rings (SSSR count). The van der Waals surface area contributed by atoms with Crippen LogP contribution in [-0.4, -0.2) is 43.9 Å². The topological polar surface area (TPSA) is 54.2 Å². The molecule has 1 aromatic heterocycles. The van der Waals surface area contributed by atoms with E-state index < -0.39 is 6.10 Å². The molecule has 2 atom stereocenters. The fraction of sp³-hybridized carbons (Fsp3) is 0.529. The van der Waals surface area contributed by atoms with Gasteiger partial charge in [0, 0.05) is 12.6 Å². The summed E-state index contributed by atoms with van der Waals surface area (Å²) in [5.41, 5.74) is 0.987. The lowest BCUT2D eigenvalue weighted by Gasteiger charge is -2.27. The number of hydrogen-bond acceptors (Lipinski definition) is 4. The Morgan fingerprint density at radius 1 is 1.27 bits per heavy atom. The number of aryl methyl sites for hydroxylation is 2. The van der Waals surface area contributed by atoms with Crippen molar-refractivity contribution in [2.45, 2.75) is 45.4 Å². The lowest BCUT2D eigenvalue weighted by Crippen LogP contribution is -2.36. The summed E-state index contributed by atoms with van der Waals surface area (Å²) < 4.78 is 1.99. The second kappa shape index (κ2) is 6.58. The van der Waals surface area contributed by atoms with Crippen LogP contribution in [0.4, 0.5) is 0 Å². The molecule has 1 saturated heterocycles. The fourth-order valence-corrected chi connectivity index (χ4v) is 3.28. The number of benzene rings is 1. The van der Waals surface area contributed by atoms with E-state index in [0.717, 1.165) is 36.7 Å². The number of rotatable bonds is 5. The van der Waals surface area contributed by atoms with Crippen LogP contribution in [0.15, 0.2) is 30.3 Å². The summed E-state index contributed by atoms with van der Waals surface area (Å²) >= 11 is 0. The first kappa shape index (κ1) is 15.2. The van der Waals surface area contributed by atoms with Gasteiger partial charge in [-0.3, -0.25) is 4.90 Å². The van der Waals surface area contributed by atoms with E-state index in [1.165, 1.54) is 6.42 Å². The predicted molar refractivity (Wildman–Crippen MR) is 85.5 cm³/mol. The summed E-state index contributed by atoms with van der Waals surface area (Å²) in [5.74, 6) is 1.79. The summed E-state index contributed by atoms with van der Waals surface area (Å²) in [6.45, 7) is 6.50. The monoisotopic (exact) mass is 300 g/mol. The molecule has 1 fully saturated rings. The number of β-amino-alcohol motifs (C(OH)–C–C–N with tert-alkyl or cyclic N) is 1. The molecule has 22 heavy (non-hydrogen) atoms. The van der Waals surface area contributed by atoms with E-state index in [-0.39, 0.29) is 0 Å². The minimum Gasteiger partial charge on any atom is -0.387 e. The molecule has 0 spiro atoms. The molecule has 5 heteroatoms. The fourth-order valence-electron chi connectivity index (χ4n) is 3.28. The number of nitrogens with zero attached hydrogens (tertiary/aromatic N) is 4. The van der Waals surface area contributed by atoms with Crippen molar-refractivity contribution in [2.24, 2.45) is 0 Å². The molecule has 1 N–H and O–H groups in total. The van der Waals surface area contributed by atoms with E-state index in [4.69, 9.17) is 0 Å². The average Bonchev–Trinajstić information content (AvgIpc) is 3.07. The van der Waals surface area contributed by atoms with Gasteiger partial charge in [0.25, 0.3) is 0 Å². The highest BCUT2D eigenvalue weighted by molar-refractivity contribution is 5.17. The molecule has 0 saturated carbocycles. The van der Waals surface area contributed by atoms with Gasteiger partial charge in [0.2, 0.25) is 0 Å². The summed E-state index contributed by atoms with van der Waals surface area (Å²) in [4.78, 5) is 6.75. The third-order valence-corrected chi connectivity index (χ3v) is 4.44. The van der Waals surface area contributed by atoms with Crippen molar-refractivity contribution in [3.63, 3.8) is 0 Å². The van der Waals surface area contributed by atoms with Crippen LogP contribution in [0, 0.1) is 13.8 Å². The molecule has 1 aliphatic rings. The van der Waals surface area contributed by atoms with Gasteiger partial charge in [-0.2, -0.15) is 5.10 Å². The van der Waals surface area contributed by atoms with Gasteiger partial charge in [-0.1, -0.05) is 30.3 Å². The highest BCUT2D eigenvalue weighted by Crippen LogP contribution is 2.23. The number of aliphatic hydroxyl groups excluding tert-OH is 1. The Kier molecular flexibility index (Phi) is 4.55. The highest BCUT2D eigenvalue weighted by Gasteiger charge is 2.27. The molecule has 0 unspecified atom stereocenters. The van der Waals surface area contributed by atoms with E-state index in [1.807, 2.05) is 48.9 Å². The quantitative estimate of drug-likeness (QED) is 0.918. The largest absolute Gasteiger partial charge is 0.387 e. The molecular weight excluding hydrogens is 276 g/mol. The predicted octanol–water partition coefficient (Wildman–Crippen LogP) is 2.09. The number of likely N-dealkylation sites (tertiary alicyclic amines) is 1. The Hall–Kier alpha value is -1.72. The Balaban J connectivity index is 1.64. The average molecular weight is 300 g/mol. The molecule has 0 bridgehead atoms. The van der Waals surface area contributed by atoms with Crippen LogP contribution >= 0.6 is 0 Å². The Morgan fingerprint density at radius 3 is 2.73 bits per heavy atom. The van der Waals surface area contributed by atoms with Crippen LogP contribution in [0.3, 0.4) is 0 Å². The number of aliphatic hydroxyl groups is 1. The van der Waals surface area contributed by atoms with Crippen LogP contribution in [0.25, 0.3) is 0 Å². The Morgan fingerprint density at radius 2 is 2.05 bits per heavy atom. The van der Waals surface area contributed by atoms with Gasteiger partial charge in [-0.05, 0) is 38.8 Å². The van der Waals surface area contributed by atoms with Crippen molar-refractivity contribution in [3.8, 4) is 0 Å². The maximum Gasteiger partial charge on any atom is 0.147 e. The smallest absolute Gasteiger partial charge is 0.147 e. The van der Waals surface area contributed by atoms with Gasteiger partial charge >= 0.3 is 0 Å². The van der Waals surface area contributed by atoms with Crippen LogP contribution in [0.1, 0.15) is 36.2 Å².